The molecule has 1 fully saturated rings. The van der Waals surface area contributed by atoms with Crippen molar-refractivity contribution in [2.24, 2.45) is 0 Å². The highest BCUT2D eigenvalue weighted by Gasteiger charge is 2.32. The number of anilines is 1. The molecule has 2 aromatic heterocycles. The molecule has 0 bridgehead atoms. The fraction of sp³-hybridized carbons (Fsp3) is 0.227. The highest BCUT2D eigenvalue weighted by atomic mass is 19.1. The Morgan fingerprint density at radius 1 is 1.17 bits per heavy atom. The number of aromatic amines is 1. The van der Waals surface area contributed by atoms with Crippen LogP contribution < -0.4 is 4.90 Å². The number of halogens is 1. The second-order valence-corrected chi connectivity index (χ2v) is 7.53. The number of nitrogens with zero attached hydrogens (tertiary/aromatic N) is 5. The van der Waals surface area contributed by atoms with E-state index < -0.39 is 5.82 Å². The number of hydrogen-bond donors (Lipinski definition) is 1. The second kappa shape index (κ2) is 6.55. The van der Waals surface area contributed by atoms with Crippen molar-refractivity contribution in [2.75, 3.05) is 11.4 Å². The van der Waals surface area contributed by atoms with Crippen LogP contribution in [0.4, 0.5) is 10.1 Å². The summed E-state index contributed by atoms with van der Waals surface area (Å²) in [6.07, 6.45) is 3.82. The first-order chi connectivity index (χ1) is 14.0. The molecule has 5 rings (SSSR count). The van der Waals surface area contributed by atoms with Gasteiger partial charge in [0.05, 0.1) is 46.9 Å². The minimum atomic E-state index is -0.442. The van der Waals surface area contributed by atoms with Gasteiger partial charge < -0.3 is 9.88 Å². The third-order valence-corrected chi connectivity index (χ3v) is 5.49. The quantitative estimate of drug-likeness (QED) is 0.535. The molecular weight excluding hydrogens is 367 g/mol. The van der Waals surface area contributed by atoms with E-state index in [-0.39, 0.29) is 6.04 Å². The highest BCUT2D eigenvalue weighted by molar-refractivity contribution is 5.77. The lowest BCUT2D eigenvalue weighted by Crippen LogP contribution is -2.24. The molecule has 1 saturated heterocycles. The summed E-state index contributed by atoms with van der Waals surface area (Å²) in [5.74, 6) is 0.378. The lowest BCUT2D eigenvalue weighted by Gasteiger charge is -2.25. The van der Waals surface area contributed by atoms with E-state index in [4.69, 9.17) is 4.98 Å². The van der Waals surface area contributed by atoms with Gasteiger partial charge in [-0.3, -0.25) is 0 Å². The molecule has 0 spiro atoms. The maximum Gasteiger partial charge on any atom is 0.156 e. The molecule has 2 aromatic carbocycles. The fourth-order valence-electron chi connectivity index (χ4n) is 3.87. The Morgan fingerprint density at radius 3 is 2.69 bits per heavy atom. The minimum Gasteiger partial charge on any atom is -0.355 e. The van der Waals surface area contributed by atoms with Crippen LogP contribution >= 0.6 is 0 Å². The van der Waals surface area contributed by atoms with Crippen LogP contribution in [0.2, 0.25) is 0 Å². The van der Waals surface area contributed by atoms with Crippen LogP contribution in [-0.4, -0.2) is 31.5 Å². The summed E-state index contributed by atoms with van der Waals surface area (Å²) < 4.78 is 15.0. The van der Waals surface area contributed by atoms with E-state index in [1.807, 2.05) is 4.90 Å². The number of fused-ring (bicyclic) bond motifs is 1. The molecule has 29 heavy (non-hydrogen) atoms. The first kappa shape index (κ1) is 17.6. The van der Waals surface area contributed by atoms with Gasteiger partial charge in [0.15, 0.2) is 5.82 Å². The van der Waals surface area contributed by atoms with Crippen LogP contribution in [-0.2, 0) is 0 Å². The summed E-state index contributed by atoms with van der Waals surface area (Å²) in [6.45, 7) is 8.87. The molecule has 1 radical (unpaired) electrons. The minimum absolute atomic E-state index is 0.105. The second-order valence-electron chi connectivity index (χ2n) is 7.53. The predicted octanol–water partition coefficient (Wildman–Crippen LogP) is 4.21. The van der Waals surface area contributed by atoms with Gasteiger partial charge in [-0.2, -0.15) is 15.0 Å². The molecule has 0 amide bonds. The van der Waals surface area contributed by atoms with Crippen molar-refractivity contribution in [1.29, 1.82) is 0 Å². The predicted molar refractivity (Wildman–Crippen MR) is 110 cm³/mol. The maximum absolute atomic E-state index is 15.0. The van der Waals surface area contributed by atoms with Crippen LogP contribution in [0.15, 0.2) is 48.8 Å². The van der Waals surface area contributed by atoms with Crippen molar-refractivity contribution in [2.45, 2.75) is 26.3 Å². The zero-order valence-electron chi connectivity index (χ0n) is 16.3. The Morgan fingerprint density at radius 2 is 1.93 bits per heavy atom. The number of nitrogens with one attached hydrogen (secondary N) is 1. The molecule has 145 valence electrons. The van der Waals surface area contributed by atoms with Gasteiger partial charge in [0.2, 0.25) is 0 Å². The lowest BCUT2D eigenvalue weighted by atomic mass is 10.1. The Kier molecular flexibility index (Phi) is 3.97. The van der Waals surface area contributed by atoms with E-state index in [0.29, 0.717) is 17.9 Å². The normalized spacial score (nSPS) is 16.9. The van der Waals surface area contributed by atoms with Crippen LogP contribution in [0.1, 0.15) is 29.4 Å². The van der Waals surface area contributed by atoms with Gasteiger partial charge >= 0.3 is 0 Å². The molecule has 1 atom stereocenters. The zero-order chi connectivity index (χ0) is 20.1. The summed E-state index contributed by atoms with van der Waals surface area (Å²) in [5, 5.41) is 8.07. The Hall–Kier alpha value is -3.48. The number of rotatable bonds is 3. The van der Waals surface area contributed by atoms with Crippen molar-refractivity contribution in [3.63, 3.8) is 0 Å². The van der Waals surface area contributed by atoms with Crippen molar-refractivity contribution in [3.8, 4) is 5.69 Å². The van der Waals surface area contributed by atoms with Gasteiger partial charge in [-0.05, 0) is 55.7 Å². The summed E-state index contributed by atoms with van der Waals surface area (Å²) in [6, 6.07) is 10.3. The molecule has 0 unspecified atom stereocenters. The number of H-pyrrole nitrogens is 1. The first-order valence-corrected chi connectivity index (χ1v) is 9.48. The Labute approximate surface area is 167 Å². The lowest BCUT2D eigenvalue weighted by molar-refractivity contribution is 0.600. The van der Waals surface area contributed by atoms with Crippen LogP contribution in [0.25, 0.3) is 16.7 Å². The SMILES string of the molecule is C=C1C[C@@H](c2nc3cc(C)c(C)cc3[nH]2)N(c2ccc(-n3nccn3)[c]c2F)C1. The molecule has 0 aliphatic carbocycles. The van der Waals surface area contributed by atoms with Gasteiger partial charge in [-0.1, -0.05) is 12.2 Å². The molecule has 6 nitrogen and oxygen atoms in total. The molecule has 0 saturated carbocycles. The standard InChI is InChI=1S/C22H20FN6/c1-13-8-21(22-26-18-9-14(2)15(3)10-19(18)27-22)28(12-13)20-5-4-16(11-17(20)23)29-24-6-7-25-29/h4-7,9-10,21H,1,8,12H2,2-3H3,(H,26,27)/t21-/m0/s1. The number of hydrogen-bond acceptors (Lipinski definition) is 4. The summed E-state index contributed by atoms with van der Waals surface area (Å²) in [5.41, 5.74) is 6.30. The van der Waals surface area contributed by atoms with Gasteiger partial charge in [0.1, 0.15) is 5.82 Å². The molecule has 7 heteroatoms. The van der Waals surface area contributed by atoms with Crippen LogP contribution in [0.5, 0.6) is 0 Å². The summed E-state index contributed by atoms with van der Waals surface area (Å²) in [4.78, 5) is 11.6. The van der Waals surface area contributed by atoms with Gasteiger partial charge in [0.25, 0.3) is 0 Å². The largest absolute Gasteiger partial charge is 0.355 e. The monoisotopic (exact) mass is 387 g/mol. The number of aromatic nitrogens is 5. The zero-order valence-corrected chi connectivity index (χ0v) is 16.3. The van der Waals surface area contributed by atoms with Crippen LogP contribution in [0.3, 0.4) is 0 Å². The number of benzene rings is 2. The molecule has 4 aromatic rings. The summed E-state index contributed by atoms with van der Waals surface area (Å²) >= 11 is 0. The van der Waals surface area contributed by atoms with E-state index in [2.05, 4.69) is 53.8 Å². The van der Waals surface area contributed by atoms with Gasteiger partial charge in [-0.25, -0.2) is 9.37 Å². The number of imidazole rings is 1. The maximum atomic E-state index is 15.0. The summed E-state index contributed by atoms with van der Waals surface area (Å²) in [7, 11) is 0. The van der Waals surface area contributed by atoms with Crippen molar-refractivity contribution in [3.05, 3.63) is 77.6 Å². The van der Waals surface area contributed by atoms with Crippen LogP contribution in [0, 0.1) is 25.7 Å². The van der Waals surface area contributed by atoms with E-state index >= 15 is 0 Å². The smallest absolute Gasteiger partial charge is 0.156 e. The third kappa shape index (κ3) is 2.99. The number of aryl methyl sites for hydroxylation is 2. The molecule has 1 N–H and O–H groups in total. The Balaban J connectivity index is 1.53. The first-order valence-electron chi connectivity index (χ1n) is 9.48. The molecule has 3 heterocycles. The average Bonchev–Trinajstić information content (AvgIpc) is 3.41. The van der Waals surface area contributed by atoms with Gasteiger partial charge in [-0.15, -0.1) is 0 Å². The molecule has 1 aliphatic heterocycles. The highest BCUT2D eigenvalue weighted by Crippen LogP contribution is 2.39. The van der Waals surface area contributed by atoms with E-state index in [0.717, 1.165) is 28.9 Å². The molecule has 1 aliphatic rings. The van der Waals surface area contributed by atoms with Gasteiger partial charge in [0, 0.05) is 6.54 Å². The fourth-order valence-corrected chi connectivity index (χ4v) is 3.87. The topological polar surface area (TPSA) is 62.6 Å². The van der Waals surface area contributed by atoms with Crippen molar-refractivity contribution in [1.82, 2.24) is 25.0 Å². The van der Waals surface area contributed by atoms with E-state index in [1.54, 1.807) is 24.5 Å². The third-order valence-electron chi connectivity index (χ3n) is 5.49. The Bertz CT molecular complexity index is 1180. The van der Waals surface area contributed by atoms with Crippen molar-refractivity contribution >= 4 is 16.7 Å². The van der Waals surface area contributed by atoms with Crippen molar-refractivity contribution < 1.29 is 4.39 Å². The van der Waals surface area contributed by atoms with E-state index in [9.17, 15) is 4.39 Å². The van der Waals surface area contributed by atoms with E-state index in [1.165, 1.54) is 15.9 Å². The average molecular weight is 387 g/mol. The molecular formula is C22H20FN6.